The predicted molar refractivity (Wildman–Crippen MR) is 170 cm³/mol. The lowest BCUT2D eigenvalue weighted by Crippen LogP contribution is -2.52. The summed E-state index contributed by atoms with van der Waals surface area (Å²) in [6.45, 7) is 3.39. The molecule has 3 aromatic heterocycles. The molecule has 49 heavy (non-hydrogen) atoms. The Morgan fingerprint density at radius 2 is 1.96 bits per heavy atom. The topological polar surface area (TPSA) is 186 Å². The molecule has 0 radical (unpaired) electrons. The minimum Gasteiger partial charge on any atom is -0.483 e. The standard InChI is InChI=1S/C29H29ClF3N11O2.CH2O2/c30-22-13-18(1-2-20(22)28(46)42-11-9-41(10-12-42)17-24(45)38-19-3-5-35-14-19)39-26-27-37-15-23(44(27)8-6-36-26)21-16-43(7-4-34)40-25(21)29(31,32)33;2-1-3/h1-2,6,8,13,15-16,19,35H,3,5,7,9-12,14,17H2,(H,36,39)(H,38,45);1H,(H,2,3). The molecule has 1 aromatic carbocycles. The number of halogens is 4. The van der Waals surface area contributed by atoms with Gasteiger partial charge in [0, 0.05) is 63.0 Å². The third-order valence-electron chi connectivity index (χ3n) is 7.88. The molecule has 15 nitrogen and oxygen atoms in total. The molecule has 5 heterocycles. The van der Waals surface area contributed by atoms with Crippen LogP contribution in [0.4, 0.5) is 24.7 Å². The monoisotopic (exact) mass is 701 g/mol. The van der Waals surface area contributed by atoms with Gasteiger partial charge in [-0.05, 0) is 31.2 Å². The van der Waals surface area contributed by atoms with Crippen molar-refractivity contribution in [2.45, 2.75) is 25.2 Å². The lowest BCUT2D eigenvalue weighted by Gasteiger charge is -2.34. The zero-order chi connectivity index (χ0) is 35.1. The van der Waals surface area contributed by atoms with Crippen LogP contribution in [0.1, 0.15) is 22.5 Å². The van der Waals surface area contributed by atoms with E-state index in [0.717, 1.165) is 30.4 Å². The van der Waals surface area contributed by atoms with E-state index in [1.54, 1.807) is 29.2 Å². The number of aromatic nitrogens is 5. The number of nitriles is 1. The SMILES string of the molecule is N#CCn1cc(-c2cnc3c(Nc4ccc(C(=O)N5CCN(CC(=O)NC6CCNC6)CC5)c(Cl)c4)nccn23)c(C(F)(F)F)n1.O=CO. The molecule has 19 heteroatoms. The van der Waals surface area contributed by atoms with Crippen molar-refractivity contribution in [3.05, 3.63) is 59.3 Å². The summed E-state index contributed by atoms with van der Waals surface area (Å²) in [5.74, 6) is -0.00595. The lowest BCUT2D eigenvalue weighted by atomic mass is 10.1. The molecule has 4 N–H and O–H groups in total. The Bertz CT molecular complexity index is 1860. The summed E-state index contributed by atoms with van der Waals surface area (Å²) in [6, 6.07) is 6.76. The van der Waals surface area contributed by atoms with Crippen LogP contribution >= 0.6 is 11.6 Å². The fourth-order valence-electron chi connectivity index (χ4n) is 5.62. The first-order valence-electron chi connectivity index (χ1n) is 15.0. The van der Waals surface area contributed by atoms with E-state index >= 15 is 0 Å². The third kappa shape index (κ3) is 8.25. The van der Waals surface area contributed by atoms with E-state index in [0.29, 0.717) is 37.4 Å². The number of nitrogens with one attached hydrogen (secondary N) is 3. The van der Waals surface area contributed by atoms with E-state index in [9.17, 15) is 22.8 Å². The molecule has 0 aliphatic carbocycles. The van der Waals surface area contributed by atoms with Crippen molar-refractivity contribution in [3.63, 3.8) is 0 Å². The zero-order valence-corrected chi connectivity index (χ0v) is 26.6. The average Bonchev–Trinajstić information content (AvgIpc) is 3.82. The molecule has 2 fully saturated rings. The first-order valence-corrected chi connectivity index (χ1v) is 15.4. The van der Waals surface area contributed by atoms with Crippen LogP contribution in [0, 0.1) is 11.3 Å². The normalized spacial score (nSPS) is 16.5. The van der Waals surface area contributed by atoms with Gasteiger partial charge in [0.25, 0.3) is 12.4 Å². The highest BCUT2D eigenvalue weighted by Crippen LogP contribution is 2.37. The largest absolute Gasteiger partial charge is 0.483 e. The second-order valence-corrected chi connectivity index (χ2v) is 11.5. The van der Waals surface area contributed by atoms with E-state index in [4.69, 9.17) is 26.8 Å². The van der Waals surface area contributed by atoms with E-state index in [-0.39, 0.29) is 65.2 Å². The highest BCUT2D eigenvalue weighted by Gasteiger charge is 2.38. The van der Waals surface area contributed by atoms with Gasteiger partial charge < -0.3 is 26.0 Å². The summed E-state index contributed by atoms with van der Waals surface area (Å²) < 4.78 is 43.6. The van der Waals surface area contributed by atoms with Gasteiger partial charge in [0.2, 0.25) is 5.91 Å². The van der Waals surface area contributed by atoms with Crippen molar-refractivity contribution in [1.82, 2.24) is 44.6 Å². The van der Waals surface area contributed by atoms with Gasteiger partial charge in [-0.15, -0.1) is 0 Å². The van der Waals surface area contributed by atoms with E-state index in [2.05, 4.69) is 31.0 Å². The highest BCUT2D eigenvalue weighted by molar-refractivity contribution is 6.34. The summed E-state index contributed by atoms with van der Waals surface area (Å²) in [5.41, 5.74) is -0.214. The first-order chi connectivity index (χ1) is 23.5. The number of benzene rings is 1. The molecule has 1 atom stereocenters. The quantitative estimate of drug-likeness (QED) is 0.198. The lowest BCUT2D eigenvalue weighted by molar-refractivity contribution is -0.141. The van der Waals surface area contributed by atoms with Gasteiger partial charge in [0.05, 0.1) is 40.7 Å². The number of amides is 2. The summed E-state index contributed by atoms with van der Waals surface area (Å²) in [4.78, 5) is 46.3. The van der Waals surface area contributed by atoms with Crippen LogP contribution in [0.3, 0.4) is 0 Å². The maximum atomic E-state index is 13.8. The summed E-state index contributed by atoms with van der Waals surface area (Å²) in [6.07, 6.45) is 1.48. The van der Waals surface area contributed by atoms with Crippen LogP contribution in [0.25, 0.3) is 16.9 Å². The van der Waals surface area contributed by atoms with Crippen molar-refractivity contribution < 1.29 is 32.7 Å². The molecule has 2 aliphatic rings. The Labute approximate surface area is 282 Å². The Balaban J connectivity index is 0.00000151. The van der Waals surface area contributed by atoms with Crippen molar-refractivity contribution in [3.8, 4) is 17.3 Å². The van der Waals surface area contributed by atoms with Gasteiger partial charge in [-0.1, -0.05) is 11.6 Å². The predicted octanol–water partition coefficient (Wildman–Crippen LogP) is 2.47. The molecule has 2 aliphatic heterocycles. The summed E-state index contributed by atoms with van der Waals surface area (Å²) >= 11 is 6.54. The maximum Gasteiger partial charge on any atom is 0.435 e. The minimum atomic E-state index is -4.75. The number of carbonyl (C=O) groups excluding carboxylic acids is 2. The second kappa shape index (κ2) is 15.3. The smallest absolute Gasteiger partial charge is 0.435 e. The van der Waals surface area contributed by atoms with Gasteiger partial charge >= 0.3 is 6.18 Å². The van der Waals surface area contributed by atoms with Crippen molar-refractivity contribution in [2.24, 2.45) is 0 Å². The Hall–Kier alpha value is -5.25. The number of imidazole rings is 1. The molecule has 2 amide bonds. The molecule has 0 saturated carbocycles. The Kier molecular flexibility index (Phi) is 11.0. The van der Waals surface area contributed by atoms with Gasteiger partial charge in [-0.25, -0.2) is 9.97 Å². The summed E-state index contributed by atoms with van der Waals surface area (Å²) in [5, 5.41) is 28.9. The molecule has 1 unspecified atom stereocenters. The van der Waals surface area contributed by atoms with Crippen molar-refractivity contribution in [2.75, 3.05) is 51.1 Å². The van der Waals surface area contributed by atoms with Crippen molar-refractivity contribution >= 4 is 47.0 Å². The molecule has 4 aromatic rings. The fraction of sp³-hybridized carbons (Fsp3) is 0.367. The molecular formula is C30H31ClF3N11O4. The van der Waals surface area contributed by atoms with Gasteiger partial charge in [0.1, 0.15) is 6.54 Å². The maximum absolute atomic E-state index is 13.8. The molecule has 2 saturated heterocycles. The molecular weight excluding hydrogens is 671 g/mol. The number of carboxylic acid groups (broad SMARTS) is 1. The third-order valence-corrected chi connectivity index (χ3v) is 8.19. The number of hydrogen-bond acceptors (Lipinski definition) is 10. The van der Waals surface area contributed by atoms with Crippen LogP contribution < -0.4 is 16.0 Å². The van der Waals surface area contributed by atoms with Gasteiger partial charge in [0.15, 0.2) is 17.2 Å². The number of anilines is 2. The zero-order valence-electron chi connectivity index (χ0n) is 25.8. The van der Waals surface area contributed by atoms with Gasteiger partial charge in [-0.3, -0.25) is 28.4 Å². The van der Waals surface area contributed by atoms with Crippen LogP contribution in [-0.4, -0.2) is 109 Å². The van der Waals surface area contributed by atoms with Crippen LogP contribution in [0.2, 0.25) is 5.02 Å². The number of nitrogens with zero attached hydrogens (tertiary/aromatic N) is 8. The number of rotatable bonds is 8. The Morgan fingerprint density at radius 1 is 1.20 bits per heavy atom. The average molecular weight is 702 g/mol. The van der Waals surface area contributed by atoms with Crippen LogP contribution in [0.5, 0.6) is 0 Å². The van der Waals surface area contributed by atoms with E-state index in [1.807, 2.05) is 4.90 Å². The number of alkyl halides is 3. The fourth-order valence-corrected chi connectivity index (χ4v) is 5.88. The minimum absolute atomic E-state index is 0.0193. The van der Waals surface area contributed by atoms with Gasteiger partial charge in [-0.2, -0.15) is 23.5 Å². The molecule has 6 rings (SSSR count). The second-order valence-electron chi connectivity index (χ2n) is 11.1. The molecule has 0 bridgehead atoms. The van der Waals surface area contributed by atoms with Crippen LogP contribution in [-0.2, 0) is 22.3 Å². The van der Waals surface area contributed by atoms with Crippen LogP contribution in [0.15, 0.2) is 43.0 Å². The van der Waals surface area contributed by atoms with Crippen molar-refractivity contribution in [1.29, 1.82) is 5.26 Å². The Morgan fingerprint density at radius 3 is 2.61 bits per heavy atom. The summed E-state index contributed by atoms with van der Waals surface area (Å²) in [7, 11) is 0. The van der Waals surface area contributed by atoms with E-state index in [1.165, 1.54) is 23.0 Å². The highest BCUT2D eigenvalue weighted by atomic mass is 35.5. The number of piperazine rings is 1. The number of carbonyl (C=O) groups is 3. The van der Waals surface area contributed by atoms with E-state index < -0.39 is 11.9 Å². The number of hydrogen-bond donors (Lipinski definition) is 4. The molecule has 258 valence electrons. The first kappa shape index (κ1) is 35.1. The molecule has 0 spiro atoms. The number of fused-ring (bicyclic) bond motifs is 1.